The molecule has 1 saturated heterocycles. The van der Waals surface area contributed by atoms with Crippen LogP contribution in [0.1, 0.15) is 26.7 Å². The van der Waals surface area contributed by atoms with Crippen molar-refractivity contribution in [2.24, 2.45) is 0 Å². The Morgan fingerprint density at radius 3 is 2.61 bits per heavy atom. The third-order valence-electron chi connectivity index (χ3n) is 4.21. The number of rotatable bonds is 4. The molecule has 0 N–H and O–H groups in total. The summed E-state index contributed by atoms with van der Waals surface area (Å²) in [6, 6.07) is 4.69. The highest BCUT2D eigenvalue weighted by Gasteiger charge is 2.27. The first-order valence-corrected chi connectivity index (χ1v) is 9.11. The number of benzene rings is 1. The maximum Gasteiger partial charge on any atom is 0.410 e. The third kappa shape index (κ3) is 4.78. The van der Waals surface area contributed by atoms with Crippen molar-refractivity contribution in [2.75, 3.05) is 38.2 Å². The second-order valence-electron chi connectivity index (χ2n) is 7.57. The van der Waals surface area contributed by atoms with E-state index in [1.165, 1.54) is 13.2 Å². The summed E-state index contributed by atoms with van der Waals surface area (Å²) in [6.07, 6.45) is -0.348. The molecule has 9 heteroatoms. The Bertz CT molecular complexity index is 826. The molecule has 1 aliphatic heterocycles. The molecule has 28 heavy (non-hydrogen) atoms. The van der Waals surface area contributed by atoms with Gasteiger partial charge in [-0.2, -0.15) is 4.98 Å². The predicted octanol–water partition coefficient (Wildman–Crippen LogP) is 3.08. The molecule has 0 spiro atoms. The van der Waals surface area contributed by atoms with E-state index >= 15 is 0 Å². The van der Waals surface area contributed by atoms with Crippen LogP contribution in [0.3, 0.4) is 0 Å². The van der Waals surface area contributed by atoms with Gasteiger partial charge in [0.15, 0.2) is 0 Å². The van der Waals surface area contributed by atoms with Gasteiger partial charge in [-0.3, -0.25) is 0 Å². The highest BCUT2D eigenvalue weighted by atomic mass is 19.1. The molecule has 8 nitrogen and oxygen atoms in total. The summed E-state index contributed by atoms with van der Waals surface area (Å²) >= 11 is 0. The molecule has 0 saturated carbocycles. The molecule has 3 rings (SSSR count). The van der Waals surface area contributed by atoms with Crippen molar-refractivity contribution in [3.8, 4) is 11.4 Å². The quantitative estimate of drug-likeness (QED) is 0.791. The Labute approximate surface area is 163 Å². The molecule has 1 aliphatic rings. The van der Waals surface area contributed by atoms with E-state index in [4.69, 9.17) is 14.0 Å². The number of ether oxygens (including phenoxy) is 2. The molecular weight excluding hydrogens is 367 g/mol. The van der Waals surface area contributed by atoms with Gasteiger partial charge >= 0.3 is 6.09 Å². The third-order valence-corrected chi connectivity index (χ3v) is 4.21. The average Bonchev–Trinajstić information content (AvgIpc) is 3.10. The summed E-state index contributed by atoms with van der Waals surface area (Å²) in [5.41, 5.74) is 0.553. The van der Waals surface area contributed by atoms with Gasteiger partial charge in [-0.15, -0.1) is 0 Å². The van der Waals surface area contributed by atoms with Crippen LogP contribution in [-0.2, 0) is 16.1 Å². The predicted molar refractivity (Wildman–Crippen MR) is 100 cm³/mol. The summed E-state index contributed by atoms with van der Waals surface area (Å²) in [5, 5.41) is 3.91. The Morgan fingerprint density at radius 1 is 1.25 bits per heavy atom. The molecule has 1 aromatic heterocycles. The maximum atomic E-state index is 14.4. The van der Waals surface area contributed by atoms with E-state index in [1.54, 1.807) is 17.0 Å². The summed E-state index contributed by atoms with van der Waals surface area (Å²) in [5.74, 6) is 0.394. The van der Waals surface area contributed by atoms with Crippen LogP contribution in [0.25, 0.3) is 11.4 Å². The minimum Gasteiger partial charge on any atom is -0.444 e. The number of carbonyl (C=O) groups excluding carboxylic acids is 1. The molecule has 1 fully saturated rings. The van der Waals surface area contributed by atoms with Crippen LogP contribution in [0, 0.1) is 5.82 Å². The normalized spacial score (nSPS) is 15.0. The number of aromatic nitrogens is 2. The summed E-state index contributed by atoms with van der Waals surface area (Å²) in [7, 11) is 1.54. The lowest BCUT2D eigenvalue weighted by molar-refractivity contribution is 0.0240. The molecule has 0 atom stereocenters. The zero-order chi connectivity index (χ0) is 20.3. The van der Waals surface area contributed by atoms with Gasteiger partial charge in [0.25, 0.3) is 5.89 Å². The fourth-order valence-electron chi connectivity index (χ4n) is 2.90. The van der Waals surface area contributed by atoms with E-state index in [9.17, 15) is 9.18 Å². The van der Waals surface area contributed by atoms with Gasteiger partial charge < -0.3 is 23.8 Å². The van der Waals surface area contributed by atoms with Gasteiger partial charge in [0.1, 0.15) is 18.0 Å². The average molecular weight is 392 g/mol. The van der Waals surface area contributed by atoms with Gasteiger partial charge in [-0.25, -0.2) is 9.18 Å². The maximum absolute atomic E-state index is 14.4. The zero-order valence-electron chi connectivity index (χ0n) is 16.6. The fraction of sp³-hybridized carbons (Fsp3) is 0.526. The largest absolute Gasteiger partial charge is 0.444 e. The number of amides is 1. The SMILES string of the molecule is COCc1nc(-c2ccc(F)c(N3CCN(C(=O)OC(C)(C)C)CC3)c2)no1. The van der Waals surface area contributed by atoms with E-state index < -0.39 is 5.60 Å². The van der Waals surface area contributed by atoms with Crippen molar-refractivity contribution >= 4 is 11.8 Å². The standard InChI is InChI=1S/C19H25FN4O4/c1-19(2,3)27-18(25)24-9-7-23(8-10-24)15-11-13(5-6-14(15)20)17-21-16(12-26-4)28-22-17/h5-6,11H,7-10,12H2,1-4H3. The van der Waals surface area contributed by atoms with E-state index in [0.717, 1.165) is 0 Å². The monoisotopic (exact) mass is 392 g/mol. The van der Waals surface area contributed by atoms with Gasteiger partial charge in [0.05, 0.1) is 5.69 Å². The first-order chi connectivity index (χ1) is 13.3. The minimum atomic E-state index is -0.541. The summed E-state index contributed by atoms with van der Waals surface area (Å²) < 4.78 is 29.9. The molecule has 2 aromatic rings. The van der Waals surface area contributed by atoms with Crippen LogP contribution >= 0.6 is 0 Å². The Balaban J connectivity index is 1.70. The molecule has 1 aromatic carbocycles. The number of anilines is 1. The zero-order valence-corrected chi connectivity index (χ0v) is 16.6. The number of nitrogens with zero attached hydrogens (tertiary/aromatic N) is 4. The number of hydrogen-bond acceptors (Lipinski definition) is 7. The Hall–Kier alpha value is -2.68. The van der Waals surface area contributed by atoms with Crippen LogP contribution in [-0.4, -0.2) is 60.0 Å². The molecule has 0 bridgehead atoms. The molecule has 0 radical (unpaired) electrons. The lowest BCUT2D eigenvalue weighted by Gasteiger charge is -2.36. The van der Waals surface area contributed by atoms with Crippen molar-refractivity contribution in [1.82, 2.24) is 15.0 Å². The molecule has 0 aliphatic carbocycles. The lowest BCUT2D eigenvalue weighted by Crippen LogP contribution is -2.50. The number of hydrogen-bond donors (Lipinski definition) is 0. The molecular formula is C19H25FN4O4. The lowest BCUT2D eigenvalue weighted by atomic mass is 10.1. The smallest absolute Gasteiger partial charge is 0.410 e. The van der Waals surface area contributed by atoms with Crippen LogP contribution < -0.4 is 4.90 Å². The van der Waals surface area contributed by atoms with Crippen molar-refractivity contribution < 1.29 is 23.2 Å². The van der Waals surface area contributed by atoms with Crippen LogP contribution in [0.4, 0.5) is 14.9 Å². The van der Waals surface area contributed by atoms with E-state index in [0.29, 0.717) is 49.1 Å². The summed E-state index contributed by atoms with van der Waals surface area (Å²) in [4.78, 5) is 20.0. The topological polar surface area (TPSA) is 80.9 Å². The number of carbonyl (C=O) groups is 1. The van der Waals surface area contributed by atoms with E-state index in [2.05, 4.69) is 10.1 Å². The molecule has 1 amide bonds. The van der Waals surface area contributed by atoms with Crippen LogP contribution in [0.5, 0.6) is 0 Å². The minimum absolute atomic E-state index is 0.216. The van der Waals surface area contributed by atoms with Gasteiger partial charge in [-0.1, -0.05) is 5.16 Å². The van der Waals surface area contributed by atoms with Crippen molar-refractivity contribution in [1.29, 1.82) is 0 Å². The van der Waals surface area contributed by atoms with Gasteiger partial charge in [0, 0.05) is 38.9 Å². The highest BCUT2D eigenvalue weighted by Crippen LogP contribution is 2.27. The Morgan fingerprint density at radius 2 is 1.96 bits per heavy atom. The summed E-state index contributed by atoms with van der Waals surface area (Å²) in [6.45, 7) is 7.63. The first kappa shape index (κ1) is 20.1. The number of methoxy groups -OCH3 is 1. The second-order valence-corrected chi connectivity index (χ2v) is 7.57. The molecule has 0 unspecified atom stereocenters. The molecule has 152 valence electrons. The second kappa shape index (κ2) is 8.14. The first-order valence-electron chi connectivity index (χ1n) is 9.11. The highest BCUT2D eigenvalue weighted by molar-refractivity contribution is 5.69. The van der Waals surface area contributed by atoms with E-state index in [1.807, 2.05) is 25.7 Å². The Kier molecular flexibility index (Phi) is 5.83. The van der Waals surface area contributed by atoms with Crippen molar-refractivity contribution in [2.45, 2.75) is 33.0 Å². The number of halogens is 1. The number of piperazine rings is 1. The van der Waals surface area contributed by atoms with Crippen LogP contribution in [0.15, 0.2) is 22.7 Å². The van der Waals surface area contributed by atoms with E-state index in [-0.39, 0.29) is 18.5 Å². The van der Waals surface area contributed by atoms with Crippen molar-refractivity contribution in [3.05, 3.63) is 29.9 Å². The molecule has 2 heterocycles. The van der Waals surface area contributed by atoms with Gasteiger partial charge in [0.2, 0.25) is 5.82 Å². The van der Waals surface area contributed by atoms with Gasteiger partial charge in [-0.05, 0) is 39.0 Å². The fourth-order valence-corrected chi connectivity index (χ4v) is 2.90. The van der Waals surface area contributed by atoms with Crippen LogP contribution in [0.2, 0.25) is 0 Å². The van der Waals surface area contributed by atoms with Crippen molar-refractivity contribution in [3.63, 3.8) is 0 Å².